The van der Waals surface area contributed by atoms with Crippen molar-refractivity contribution in [3.8, 4) is 17.2 Å². The van der Waals surface area contributed by atoms with Gasteiger partial charge in [-0.05, 0) is 38.5 Å². The largest absolute Gasteiger partial charge is 0.508 e. The second-order valence-electron chi connectivity index (χ2n) is 7.38. The van der Waals surface area contributed by atoms with E-state index in [-0.39, 0.29) is 17.1 Å². The second kappa shape index (κ2) is 10.8. The molecule has 0 saturated carbocycles. The van der Waals surface area contributed by atoms with Crippen LogP contribution in [0.5, 0.6) is 17.2 Å². The molecule has 1 aromatic carbocycles. The fourth-order valence-electron chi connectivity index (χ4n) is 3.28. The highest BCUT2D eigenvalue weighted by atomic mass is 16.5. The van der Waals surface area contributed by atoms with Crippen molar-refractivity contribution < 1.29 is 14.6 Å². The van der Waals surface area contributed by atoms with E-state index in [9.17, 15) is 9.90 Å². The first-order valence-electron chi connectivity index (χ1n) is 10.2. The molecule has 0 fully saturated rings. The Bertz CT molecular complexity index is 863. The van der Waals surface area contributed by atoms with Crippen LogP contribution in [0.3, 0.4) is 0 Å². The molecule has 2 aromatic rings. The molecule has 28 heavy (non-hydrogen) atoms. The molecule has 0 aliphatic carbocycles. The Morgan fingerprint density at radius 1 is 1.11 bits per heavy atom. The van der Waals surface area contributed by atoms with Gasteiger partial charge in [-0.2, -0.15) is 0 Å². The normalized spacial score (nSPS) is 10.9. The van der Waals surface area contributed by atoms with Crippen LogP contribution in [0.4, 0.5) is 0 Å². The highest BCUT2D eigenvalue weighted by molar-refractivity contribution is 5.89. The Labute approximate surface area is 167 Å². The number of pyridine rings is 1. The molecule has 0 amide bonds. The average Bonchev–Trinajstić information content (AvgIpc) is 2.66. The predicted molar refractivity (Wildman–Crippen MR) is 115 cm³/mol. The average molecular weight is 388 g/mol. The number of hydrogen-bond donors (Lipinski definition) is 1. The van der Waals surface area contributed by atoms with E-state index < -0.39 is 0 Å². The molecule has 5 heteroatoms. The molecule has 0 unspecified atom stereocenters. The lowest BCUT2D eigenvalue weighted by Gasteiger charge is -2.17. The third-order valence-electron chi connectivity index (χ3n) is 4.82. The number of ether oxygens (including phenoxy) is 2. The molecule has 5 nitrogen and oxygen atoms in total. The number of aromatic nitrogens is 1. The molecule has 2 rings (SSSR count). The van der Waals surface area contributed by atoms with Gasteiger partial charge >= 0.3 is 0 Å². The van der Waals surface area contributed by atoms with Crippen molar-refractivity contribution in [1.82, 2.24) is 4.57 Å². The molecule has 0 saturated heterocycles. The number of aromatic hydroxyl groups is 1. The molecule has 0 bridgehead atoms. The van der Waals surface area contributed by atoms with E-state index in [1.807, 2.05) is 19.9 Å². The first kappa shape index (κ1) is 21.9. The fourth-order valence-corrected chi connectivity index (χ4v) is 3.28. The molecule has 1 N–H and O–H groups in total. The van der Waals surface area contributed by atoms with E-state index in [4.69, 9.17) is 9.47 Å². The number of rotatable bonds is 11. The number of phenolic OH excluding ortho intramolecular Hbond substituents is 1. The number of phenols is 1. The molecular weight excluding hydrogens is 354 g/mol. The minimum absolute atomic E-state index is 0.129. The zero-order valence-electron chi connectivity index (χ0n) is 17.6. The van der Waals surface area contributed by atoms with Gasteiger partial charge in [0.25, 0.3) is 5.56 Å². The summed E-state index contributed by atoms with van der Waals surface area (Å²) in [5.41, 5.74) is 1.58. The maximum atomic E-state index is 13.2. The summed E-state index contributed by atoms with van der Waals surface area (Å²) in [5, 5.41) is 10.7. The highest BCUT2D eigenvalue weighted by Gasteiger charge is 2.19. The number of methoxy groups -OCH3 is 1. The minimum atomic E-state index is -0.217. The lowest BCUT2D eigenvalue weighted by molar-refractivity contribution is 0.320. The molecular formula is C23H33NO4. The van der Waals surface area contributed by atoms with Crippen LogP contribution in [0.15, 0.2) is 34.6 Å². The Morgan fingerprint density at radius 2 is 1.82 bits per heavy atom. The van der Waals surface area contributed by atoms with Gasteiger partial charge in [0.15, 0.2) is 5.75 Å². The summed E-state index contributed by atoms with van der Waals surface area (Å²) >= 11 is 0. The van der Waals surface area contributed by atoms with Crippen molar-refractivity contribution in [3.05, 3.63) is 40.2 Å². The summed E-state index contributed by atoms with van der Waals surface area (Å²) in [6.07, 6.45) is 8.78. The zero-order valence-corrected chi connectivity index (χ0v) is 17.6. The molecule has 0 aliphatic heterocycles. The Hall–Kier alpha value is -2.43. The van der Waals surface area contributed by atoms with E-state index >= 15 is 0 Å². The van der Waals surface area contributed by atoms with E-state index in [2.05, 4.69) is 6.92 Å². The minimum Gasteiger partial charge on any atom is -0.508 e. The monoisotopic (exact) mass is 387 g/mol. The van der Waals surface area contributed by atoms with Crippen molar-refractivity contribution in [3.63, 3.8) is 0 Å². The lowest BCUT2D eigenvalue weighted by atomic mass is 10.1. The molecule has 0 aliphatic rings. The molecule has 1 aromatic heterocycles. The number of unbranched alkanes of at least 4 members (excludes halogenated alkanes) is 5. The topological polar surface area (TPSA) is 60.7 Å². The summed E-state index contributed by atoms with van der Waals surface area (Å²) in [6, 6.07) is 4.99. The third kappa shape index (κ3) is 5.54. The molecule has 0 atom stereocenters. The Morgan fingerprint density at radius 3 is 2.50 bits per heavy atom. The van der Waals surface area contributed by atoms with Crippen molar-refractivity contribution in [1.29, 1.82) is 0 Å². The summed E-state index contributed by atoms with van der Waals surface area (Å²) in [7, 11) is 1.53. The van der Waals surface area contributed by atoms with Gasteiger partial charge in [0, 0.05) is 18.0 Å². The van der Waals surface area contributed by atoms with Crippen LogP contribution < -0.4 is 15.0 Å². The van der Waals surface area contributed by atoms with E-state index in [0.29, 0.717) is 24.4 Å². The van der Waals surface area contributed by atoms with Gasteiger partial charge in [-0.25, -0.2) is 0 Å². The zero-order chi connectivity index (χ0) is 20.5. The number of fused-ring (bicyclic) bond motifs is 1. The molecule has 0 radical (unpaired) electrons. The SMILES string of the molecule is CCCCCCCCn1c(=O)c(OCC=C(C)C)c(OC)c2ccc(O)cc21. The maximum Gasteiger partial charge on any atom is 0.297 e. The van der Waals surface area contributed by atoms with Gasteiger partial charge < -0.3 is 19.1 Å². The summed E-state index contributed by atoms with van der Waals surface area (Å²) < 4.78 is 13.0. The van der Waals surface area contributed by atoms with Crippen LogP contribution in [0.25, 0.3) is 10.9 Å². The van der Waals surface area contributed by atoms with Gasteiger partial charge in [0.2, 0.25) is 5.75 Å². The fraction of sp³-hybridized carbons (Fsp3) is 0.522. The Balaban J connectivity index is 2.39. The number of allylic oxidation sites excluding steroid dienone is 1. The highest BCUT2D eigenvalue weighted by Crippen LogP contribution is 2.34. The van der Waals surface area contributed by atoms with Gasteiger partial charge in [0.05, 0.1) is 12.6 Å². The first-order chi connectivity index (χ1) is 13.5. The molecule has 0 spiro atoms. The molecule has 154 valence electrons. The predicted octanol–water partition coefficient (Wildman–Crippen LogP) is 5.42. The van der Waals surface area contributed by atoms with Crippen LogP contribution in [-0.2, 0) is 6.54 Å². The summed E-state index contributed by atoms with van der Waals surface area (Å²) in [5.74, 6) is 0.773. The van der Waals surface area contributed by atoms with Crippen LogP contribution in [-0.4, -0.2) is 23.4 Å². The number of hydrogen-bond acceptors (Lipinski definition) is 4. The van der Waals surface area contributed by atoms with Crippen molar-refractivity contribution in [2.24, 2.45) is 0 Å². The van der Waals surface area contributed by atoms with Crippen molar-refractivity contribution >= 4 is 10.9 Å². The number of benzene rings is 1. The molecule has 1 heterocycles. The van der Waals surface area contributed by atoms with Gasteiger partial charge in [-0.1, -0.05) is 44.6 Å². The van der Waals surface area contributed by atoms with Crippen LogP contribution in [0.1, 0.15) is 59.3 Å². The second-order valence-corrected chi connectivity index (χ2v) is 7.38. The number of aryl methyl sites for hydroxylation is 1. The maximum absolute atomic E-state index is 13.2. The first-order valence-corrected chi connectivity index (χ1v) is 10.2. The standard InChI is InChI=1S/C23H33NO4/c1-5-6-7-8-9-10-14-24-20-16-18(25)11-12-19(20)21(27-4)22(23(24)26)28-15-13-17(2)3/h11-13,16,25H,5-10,14-15H2,1-4H3. The van der Waals surface area contributed by atoms with E-state index in [0.717, 1.165) is 23.8 Å². The van der Waals surface area contributed by atoms with Crippen molar-refractivity contribution in [2.45, 2.75) is 65.8 Å². The van der Waals surface area contributed by atoms with E-state index in [1.54, 1.807) is 22.8 Å². The van der Waals surface area contributed by atoms with Crippen LogP contribution >= 0.6 is 0 Å². The van der Waals surface area contributed by atoms with Crippen molar-refractivity contribution in [2.75, 3.05) is 13.7 Å². The van der Waals surface area contributed by atoms with Gasteiger partial charge in [0.1, 0.15) is 12.4 Å². The Kier molecular flexibility index (Phi) is 8.42. The smallest absolute Gasteiger partial charge is 0.297 e. The number of nitrogens with zero attached hydrogens (tertiary/aromatic N) is 1. The van der Waals surface area contributed by atoms with Crippen LogP contribution in [0.2, 0.25) is 0 Å². The van der Waals surface area contributed by atoms with Gasteiger partial charge in [-0.3, -0.25) is 4.79 Å². The summed E-state index contributed by atoms with van der Waals surface area (Å²) in [4.78, 5) is 13.2. The lowest BCUT2D eigenvalue weighted by Crippen LogP contribution is -2.23. The van der Waals surface area contributed by atoms with Gasteiger partial charge in [-0.15, -0.1) is 0 Å². The quantitative estimate of drug-likeness (QED) is 0.413. The summed E-state index contributed by atoms with van der Waals surface area (Å²) in [6.45, 7) is 7.08. The van der Waals surface area contributed by atoms with Crippen LogP contribution in [0, 0.1) is 0 Å². The third-order valence-corrected chi connectivity index (χ3v) is 4.82. The van der Waals surface area contributed by atoms with E-state index in [1.165, 1.54) is 32.8 Å².